The van der Waals surface area contributed by atoms with Gasteiger partial charge in [-0.15, -0.1) is 0 Å². The lowest BCUT2D eigenvalue weighted by molar-refractivity contribution is -0.110. The van der Waals surface area contributed by atoms with E-state index in [0.29, 0.717) is 16.1 Å². The maximum Gasteiger partial charge on any atom is 0.270 e. The molecule has 2 rings (SSSR count). The summed E-state index contributed by atoms with van der Waals surface area (Å²) in [6.45, 7) is 0.00948. The van der Waals surface area contributed by atoms with Gasteiger partial charge in [0.05, 0.1) is 5.69 Å². The minimum absolute atomic E-state index is 0.00948. The number of carbonyl (C=O) groups excluding carboxylic acids is 1. The van der Waals surface area contributed by atoms with Crippen LogP contribution in [0.15, 0.2) is 46.0 Å². The standard InChI is InChI=1S/C15H10BrF3N2O2/c16-12-5-10(17)2-1-9(12)8-23-20-7-15(22)21-14-4-3-11(18)6-13(14)19/h1-7H,8H2,(H,21,22)/b20-7+. The van der Waals surface area contributed by atoms with Crippen LogP contribution in [0.2, 0.25) is 0 Å². The molecule has 0 aliphatic heterocycles. The van der Waals surface area contributed by atoms with E-state index in [-0.39, 0.29) is 12.3 Å². The second-order valence-electron chi connectivity index (χ2n) is 4.36. The van der Waals surface area contributed by atoms with Crippen LogP contribution in [0.25, 0.3) is 0 Å². The topological polar surface area (TPSA) is 50.7 Å². The Morgan fingerprint density at radius 2 is 1.87 bits per heavy atom. The molecular weight excluding hydrogens is 377 g/mol. The Bertz CT molecular complexity index is 753. The van der Waals surface area contributed by atoms with Crippen LogP contribution in [0.5, 0.6) is 0 Å². The van der Waals surface area contributed by atoms with Gasteiger partial charge in [-0.05, 0) is 24.3 Å². The van der Waals surface area contributed by atoms with Crippen molar-refractivity contribution in [1.29, 1.82) is 0 Å². The highest BCUT2D eigenvalue weighted by Crippen LogP contribution is 2.18. The van der Waals surface area contributed by atoms with E-state index in [4.69, 9.17) is 4.84 Å². The number of anilines is 1. The largest absolute Gasteiger partial charge is 0.391 e. The molecule has 0 spiro atoms. The van der Waals surface area contributed by atoms with Crippen molar-refractivity contribution in [2.24, 2.45) is 5.16 Å². The third-order valence-electron chi connectivity index (χ3n) is 2.67. The fourth-order valence-corrected chi connectivity index (χ4v) is 2.05. The van der Waals surface area contributed by atoms with Crippen LogP contribution in [0.3, 0.4) is 0 Å². The van der Waals surface area contributed by atoms with Crippen molar-refractivity contribution in [3.63, 3.8) is 0 Å². The van der Waals surface area contributed by atoms with Gasteiger partial charge in [-0.1, -0.05) is 27.2 Å². The van der Waals surface area contributed by atoms with Gasteiger partial charge in [-0.3, -0.25) is 4.79 Å². The van der Waals surface area contributed by atoms with E-state index in [1.807, 2.05) is 0 Å². The average molecular weight is 387 g/mol. The maximum atomic E-state index is 13.3. The van der Waals surface area contributed by atoms with Gasteiger partial charge < -0.3 is 10.2 Å². The Labute approximate surface area is 138 Å². The van der Waals surface area contributed by atoms with Crippen LogP contribution in [0.4, 0.5) is 18.9 Å². The van der Waals surface area contributed by atoms with E-state index in [9.17, 15) is 18.0 Å². The fourth-order valence-electron chi connectivity index (χ4n) is 1.59. The van der Waals surface area contributed by atoms with Gasteiger partial charge in [0, 0.05) is 16.1 Å². The quantitative estimate of drug-likeness (QED) is 0.623. The molecule has 0 bridgehead atoms. The predicted molar refractivity (Wildman–Crippen MR) is 82.4 cm³/mol. The highest BCUT2D eigenvalue weighted by molar-refractivity contribution is 9.10. The van der Waals surface area contributed by atoms with E-state index in [2.05, 4.69) is 26.4 Å². The van der Waals surface area contributed by atoms with Crippen LogP contribution in [0.1, 0.15) is 5.56 Å². The molecule has 0 aromatic heterocycles. The third-order valence-corrected chi connectivity index (χ3v) is 3.41. The molecule has 1 amide bonds. The number of halogens is 4. The highest BCUT2D eigenvalue weighted by atomic mass is 79.9. The molecule has 2 aromatic rings. The van der Waals surface area contributed by atoms with Gasteiger partial charge in [0.1, 0.15) is 30.3 Å². The zero-order valence-corrected chi connectivity index (χ0v) is 13.1. The SMILES string of the molecule is O=C(/C=N/OCc1ccc(F)cc1Br)Nc1ccc(F)cc1F. The van der Waals surface area contributed by atoms with Crippen LogP contribution in [-0.4, -0.2) is 12.1 Å². The van der Waals surface area contributed by atoms with Gasteiger partial charge in [0.2, 0.25) is 0 Å². The normalized spacial score (nSPS) is 10.8. The van der Waals surface area contributed by atoms with Crippen LogP contribution in [-0.2, 0) is 16.2 Å². The lowest BCUT2D eigenvalue weighted by atomic mass is 10.2. The molecule has 120 valence electrons. The summed E-state index contributed by atoms with van der Waals surface area (Å²) in [7, 11) is 0. The number of amides is 1. The second-order valence-corrected chi connectivity index (χ2v) is 5.21. The summed E-state index contributed by atoms with van der Waals surface area (Å²) in [6, 6.07) is 6.78. The number of nitrogens with zero attached hydrogens (tertiary/aromatic N) is 1. The van der Waals surface area contributed by atoms with Crippen molar-refractivity contribution in [3.05, 3.63) is 63.9 Å². The summed E-state index contributed by atoms with van der Waals surface area (Å²) in [6.07, 6.45) is 0.806. The van der Waals surface area contributed by atoms with Crippen LogP contribution < -0.4 is 5.32 Å². The first-order valence-electron chi connectivity index (χ1n) is 6.31. The Hall–Kier alpha value is -2.35. The van der Waals surface area contributed by atoms with E-state index >= 15 is 0 Å². The molecule has 4 nitrogen and oxygen atoms in total. The monoisotopic (exact) mass is 386 g/mol. The van der Waals surface area contributed by atoms with Crippen molar-refractivity contribution >= 4 is 33.7 Å². The van der Waals surface area contributed by atoms with Gasteiger partial charge in [0.25, 0.3) is 5.91 Å². The van der Waals surface area contributed by atoms with E-state index < -0.39 is 23.4 Å². The minimum Gasteiger partial charge on any atom is -0.391 e. The van der Waals surface area contributed by atoms with Crippen molar-refractivity contribution in [3.8, 4) is 0 Å². The minimum atomic E-state index is -0.900. The summed E-state index contributed by atoms with van der Waals surface area (Å²) in [4.78, 5) is 16.4. The summed E-state index contributed by atoms with van der Waals surface area (Å²) in [5.41, 5.74) is 0.456. The Balaban J connectivity index is 1.86. The van der Waals surface area contributed by atoms with E-state index in [1.54, 1.807) is 0 Å². The molecule has 0 radical (unpaired) electrons. The number of nitrogens with one attached hydrogen (secondary N) is 1. The van der Waals surface area contributed by atoms with Crippen molar-refractivity contribution in [1.82, 2.24) is 0 Å². The van der Waals surface area contributed by atoms with Gasteiger partial charge >= 0.3 is 0 Å². The van der Waals surface area contributed by atoms with Crippen molar-refractivity contribution in [2.45, 2.75) is 6.61 Å². The van der Waals surface area contributed by atoms with Gasteiger partial charge in [-0.25, -0.2) is 13.2 Å². The fraction of sp³-hybridized carbons (Fsp3) is 0.0667. The Morgan fingerprint density at radius 3 is 2.57 bits per heavy atom. The second kappa shape index (κ2) is 7.77. The molecule has 2 aromatic carbocycles. The van der Waals surface area contributed by atoms with Gasteiger partial charge in [0.15, 0.2) is 0 Å². The zero-order valence-electron chi connectivity index (χ0n) is 11.5. The molecule has 0 fully saturated rings. The smallest absolute Gasteiger partial charge is 0.270 e. The molecular formula is C15H10BrF3N2O2. The molecule has 0 saturated heterocycles. The van der Waals surface area contributed by atoms with Crippen LogP contribution >= 0.6 is 15.9 Å². The first-order chi connectivity index (χ1) is 11.0. The zero-order chi connectivity index (χ0) is 16.8. The number of hydrogen-bond donors (Lipinski definition) is 1. The summed E-state index contributed by atoms with van der Waals surface area (Å²) in [5.74, 6) is -2.79. The van der Waals surface area contributed by atoms with E-state index in [1.165, 1.54) is 18.2 Å². The van der Waals surface area contributed by atoms with Crippen molar-refractivity contribution < 1.29 is 22.8 Å². The molecule has 8 heteroatoms. The Morgan fingerprint density at radius 1 is 1.17 bits per heavy atom. The Kier molecular flexibility index (Phi) is 5.75. The molecule has 1 N–H and O–H groups in total. The summed E-state index contributed by atoms with van der Waals surface area (Å²) in [5, 5.41) is 5.61. The molecule has 0 aliphatic carbocycles. The first kappa shape index (κ1) is 17.0. The van der Waals surface area contributed by atoms with Crippen molar-refractivity contribution in [2.75, 3.05) is 5.32 Å². The summed E-state index contributed by atoms with van der Waals surface area (Å²) >= 11 is 3.16. The molecule has 0 saturated carbocycles. The maximum absolute atomic E-state index is 13.3. The third kappa shape index (κ3) is 5.10. The number of rotatable bonds is 5. The molecule has 0 heterocycles. The average Bonchev–Trinajstić information content (AvgIpc) is 2.48. The molecule has 0 atom stereocenters. The van der Waals surface area contributed by atoms with Gasteiger partial charge in [-0.2, -0.15) is 0 Å². The molecule has 0 aliphatic rings. The van der Waals surface area contributed by atoms with Crippen LogP contribution in [0, 0.1) is 17.5 Å². The number of benzene rings is 2. The lowest BCUT2D eigenvalue weighted by Gasteiger charge is -2.04. The lowest BCUT2D eigenvalue weighted by Crippen LogP contribution is -2.14. The summed E-state index contributed by atoms with van der Waals surface area (Å²) < 4.78 is 39.5. The number of carbonyl (C=O) groups is 1. The van der Waals surface area contributed by atoms with E-state index in [0.717, 1.165) is 18.3 Å². The molecule has 0 unspecified atom stereocenters. The highest BCUT2D eigenvalue weighted by Gasteiger charge is 2.06. The number of hydrogen-bond acceptors (Lipinski definition) is 3. The first-order valence-corrected chi connectivity index (χ1v) is 7.10. The molecule has 23 heavy (non-hydrogen) atoms. The predicted octanol–water partition coefficient (Wildman–Crippen LogP) is 4.01. The number of oxime groups is 1.